The lowest BCUT2D eigenvalue weighted by atomic mass is 9.96. The minimum atomic E-state index is -1.33. The van der Waals surface area contributed by atoms with E-state index in [0.717, 1.165) is 17.4 Å². The van der Waals surface area contributed by atoms with Crippen molar-refractivity contribution in [3.8, 4) is 0 Å². The molecule has 0 amide bonds. The highest BCUT2D eigenvalue weighted by Gasteiger charge is 2.58. The maximum absolute atomic E-state index is 13.9. The molecule has 5 rings (SSSR count). The molecule has 0 spiro atoms. The summed E-state index contributed by atoms with van der Waals surface area (Å²) in [5, 5.41) is 28.3. The van der Waals surface area contributed by atoms with Crippen molar-refractivity contribution in [3.05, 3.63) is 0 Å². The molecule has 15 heteroatoms. The summed E-state index contributed by atoms with van der Waals surface area (Å²) in [7, 11) is 8.54. The van der Waals surface area contributed by atoms with Gasteiger partial charge in [0.05, 0.1) is 0 Å². The highest BCUT2D eigenvalue weighted by Crippen LogP contribution is 2.45. The molecular formula is C24H42F2N4O7S2. The standard InChI is InChI=1S/C13H21FN2O3S.C10H17FN2O3S.CH4O/c1-6(14)8-10-9(18-13(2,3)19-10)7-11(17-8)20-12(15-7)16(4)5;1-4(11)8-7(15)6(14)5-9(16-8)17-10(12-5)13(2)3;1-2/h6-11H,1-5H3;4-9,14-15H,1-3H3;2H,1H3/t6-,7-,8-,9-,10-,11-;4-,5-,6-,7+,8-,9-;/m11./s1. The van der Waals surface area contributed by atoms with Crippen LogP contribution >= 0.6 is 23.5 Å². The Morgan fingerprint density at radius 1 is 0.769 bits per heavy atom. The van der Waals surface area contributed by atoms with E-state index >= 15 is 0 Å². The number of halogens is 2. The van der Waals surface area contributed by atoms with Crippen molar-refractivity contribution in [2.75, 3.05) is 35.3 Å². The first-order valence-corrected chi connectivity index (χ1v) is 14.5. The second-order valence-electron chi connectivity index (χ2n) is 10.7. The van der Waals surface area contributed by atoms with Gasteiger partial charge in [-0.1, -0.05) is 23.5 Å². The van der Waals surface area contributed by atoms with Crippen LogP contribution in [0.5, 0.6) is 0 Å². The van der Waals surface area contributed by atoms with Crippen LogP contribution in [-0.2, 0) is 18.9 Å². The van der Waals surface area contributed by atoms with Crippen molar-refractivity contribution >= 4 is 33.9 Å². The van der Waals surface area contributed by atoms with E-state index in [1.54, 1.807) is 4.90 Å². The Balaban J connectivity index is 0.000000205. The summed E-state index contributed by atoms with van der Waals surface area (Å²) in [6, 6.07) is -0.665. The number of alkyl halides is 2. The van der Waals surface area contributed by atoms with E-state index in [1.165, 1.54) is 37.4 Å². The largest absolute Gasteiger partial charge is 0.400 e. The summed E-state index contributed by atoms with van der Waals surface area (Å²) in [6.07, 6.45) is -7.00. The van der Waals surface area contributed by atoms with E-state index in [9.17, 15) is 19.0 Å². The molecule has 12 atom stereocenters. The minimum Gasteiger partial charge on any atom is -0.400 e. The SMILES string of the molecule is CO.C[C@@H](F)[C@H]1O[C@@H]2SC(N(C)C)=N[C@@H]2[C@@H](O)[C@@H]1O.C[C@@H](F)[C@H]1O[C@@H]2SC(N(C)C)=N[C@@H]2[C@H]2OC(C)(C)O[C@@H]21. The van der Waals surface area contributed by atoms with E-state index in [4.69, 9.17) is 24.1 Å². The molecule has 0 aromatic heterocycles. The number of aliphatic hydroxyl groups excluding tert-OH is 3. The van der Waals surface area contributed by atoms with Gasteiger partial charge < -0.3 is 44.1 Å². The van der Waals surface area contributed by atoms with Crippen LogP contribution in [0.2, 0.25) is 0 Å². The average molecular weight is 601 g/mol. The van der Waals surface area contributed by atoms with Gasteiger partial charge in [0.2, 0.25) is 0 Å². The molecule has 0 aliphatic carbocycles. The third-order valence-corrected chi connectivity index (χ3v) is 9.24. The van der Waals surface area contributed by atoms with Gasteiger partial charge in [-0.3, -0.25) is 9.98 Å². The smallest absolute Gasteiger partial charge is 0.164 e. The summed E-state index contributed by atoms with van der Waals surface area (Å²) in [5.74, 6) is -0.720. The summed E-state index contributed by atoms with van der Waals surface area (Å²) in [4.78, 5) is 12.7. The molecule has 226 valence electrons. The maximum Gasteiger partial charge on any atom is 0.164 e. The molecule has 5 aliphatic heterocycles. The van der Waals surface area contributed by atoms with Crippen molar-refractivity contribution in [3.63, 3.8) is 0 Å². The molecule has 0 aromatic carbocycles. The van der Waals surface area contributed by atoms with E-state index < -0.39 is 60.1 Å². The average Bonchev–Trinajstić information content (AvgIpc) is 3.56. The fourth-order valence-corrected chi connectivity index (χ4v) is 7.14. The van der Waals surface area contributed by atoms with Gasteiger partial charge in [0.15, 0.2) is 16.1 Å². The van der Waals surface area contributed by atoms with E-state index in [1.807, 2.05) is 46.9 Å². The first-order valence-electron chi connectivity index (χ1n) is 12.8. The molecule has 3 saturated heterocycles. The molecule has 0 radical (unpaired) electrons. The molecule has 3 N–H and O–H groups in total. The highest BCUT2D eigenvalue weighted by atomic mass is 32.2. The van der Waals surface area contributed by atoms with Gasteiger partial charge in [0.25, 0.3) is 0 Å². The van der Waals surface area contributed by atoms with Gasteiger partial charge in [-0.15, -0.1) is 0 Å². The molecular weight excluding hydrogens is 558 g/mol. The van der Waals surface area contributed by atoms with Crippen LogP contribution in [0.4, 0.5) is 8.78 Å². The number of amidine groups is 2. The van der Waals surface area contributed by atoms with Crippen LogP contribution < -0.4 is 0 Å². The third-order valence-electron chi connectivity index (χ3n) is 6.63. The number of rotatable bonds is 2. The normalized spacial score (nSPS) is 41.3. The molecule has 0 saturated carbocycles. The monoisotopic (exact) mass is 600 g/mol. The molecule has 0 aromatic rings. The van der Waals surface area contributed by atoms with Gasteiger partial charge in [0, 0.05) is 35.3 Å². The molecule has 11 nitrogen and oxygen atoms in total. The van der Waals surface area contributed by atoms with Crippen LogP contribution in [0.25, 0.3) is 0 Å². The first-order chi connectivity index (χ1) is 18.2. The Hall–Kier alpha value is -0.780. The van der Waals surface area contributed by atoms with Crippen molar-refractivity contribution in [2.24, 2.45) is 9.98 Å². The zero-order valence-electron chi connectivity index (χ0n) is 23.8. The second kappa shape index (κ2) is 13.0. The van der Waals surface area contributed by atoms with Crippen molar-refractivity contribution in [1.29, 1.82) is 0 Å². The lowest BCUT2D eigenvalue weighted by Gasteiger charge is -2.38. The number of hydrogen-bond donors (Lipinski definition) is 3. The Morgan fingerprint density at radius 3 is 1.69 bits per heavy atom. The Morgan fingerprint density at radius 2 is 1.21 bits per heavy atom. The van der Waals surface area contributed by atoms with E-state index in [2.05, 4.69) is 9.98 Å². The summed E-state index contributed by atoms with van der Waals surface area (Å²) < 4.78 is 50.3. The predicted molar refractivity (Wildman–Crippen MR) is 147 cm³/mol. The number of ether oxygens (including phenoxy) is 4. The number of aliphatic imine (C=N–C) groups is 2. The van der Waals surface area contributed by atoms with Gasteiger partial charge in [-0.2, -0.15) is 0 Å². The predicted octanol–water partition coefficient (Wildman–Crippen LogP) is 1.06. The minimum absolute atomic E-state index is 0.140. The Labute approximate surface area is 237 Å². The van der Waals surface area contributed by atoms with Crippen LogP contribution in [0.3, 0.4) is 0 Å². The number of thioether (sulfide) groups is 2. The van der Waals surface area contributed by atoms with Crippen LogP contribution in [0, 0.1) is 0 Å². The van der Waals surface area contributed by atoms with E-state index in [0.29, 0.717) is 0 Å². The summed E-state index contributed by atoms with van der Waals surface area (Å²) >= 11 is 2.87. The molecule has 5 aliphatic rings. The molecule has 0 bridgehead atoms. The van der Waals surface area contributed by atoms with Crippen molar-refractivity contribution < 1.29 is 43.0 Å². The van der Waals surface area contributed by atoms with Gasteiger partial charge >= 0.3 is 0 Å². The van der Waals surface area contributed by atoms with Gasteiger partial charge in [-0.25, -0.2) is 8.78 Å². The zero-order valence-corrected chi connectivity index (χ0v) is 25.4. The third kappa shape index (κ3) is 7.00. The van der Waals surface area contributed by atoms with Crippen LogP contribution in [0.15, 0.2) is 9.98 Å². The van der Waals surface area contributed by atoms with Crippen LogP contribution in [-0.4, -0.2) is 148 Å². The molecule has 0 unspecified atom stereocenters. The number of aliphatic hydroxyl groups is 3. The summed E-state index contributed by atoms with van der Waals surface area (Å²) in [6.45, 7) is 6.51. The highest BCUT2D eigenvalue weighted by molar-refractivity contribution is 8.14. The summed E-state index contributed by atoms with van der Waals surface area (Å²) in [5.41, 5.74) is -0.622. The molecule has 3 fully saturated rings. The number of hydrogen-bond acceptors (Lipinski definition) is 13. The molecule has 39 heavy (non-hydrogen) atoms. The van der Waals surface area contributed by atoms with Crippen molar-refractivity contribution in [2.45, 2.75) is 105 Å². The Kier molecular flexibility index (Phi) is 10.9. The lowest BCUT2D eigenvalue weighted by Crippen LogP contribution is -2.57. The fourth-order valence-electron chi connectivity index (χ4n) is 4.86. The maximum atomic E-state index is 13.9. The first kappa shape index (κ1) is 32.7. The van der Waals surface area contributed by atoms with E-state index in [-0.39, 0.29) is 17.6 Å². The second-order valence-corrected chi connectivity index (χ2v) is 12.8. The zero-order chi connectivity index (χ0) is 29.4. The van der Waals surface area contributed by atoms with Gasteiger partial charge in [0.1, 0.15) is 71.9 Å². The molecule has 5 heterocycles. The van der Waals surface area contributed by atoms with Crippen LogP contribution in [0.1, 0.15) is 27.7 Å². The lowest BCUT2D eigenvalue weighted by molar-refractivity contribution is -0.170. The van der Waals surface area contributed by atoms with Gasteiger partial charge in [-0.05, 0) is 27.7 Å². The topological polar surface area (TPSA) is 129 Å². The fraction of sp³-hybridized carbons (Fsp3) is 0.917. The number of nitrogens with zero attached hydrogens (tertiary/aromatic N) is 4. The van der Waals surface area contributed by atoms with Crippen molar-refractivity contribution in [1.82, 2.24) is 9.80 Å². The number of fused-ring (bicyclic) bond motifs is 4. The quantitative estimate of drug-likeness (QED) is 0.421. The Bertz CT molecular complexity index is 899.